The molecule has 1 aromatic carbocycles. The van der Waals surface area contributed by atoms with Crippen LogP contribution < -0.4 is 20.1 Å². The molecular formula is C12H15N3O3. The summed E-state index contributed by atoms with van der Waals surface area (Å²) in [5.74, 6) is 0.961. The monoisotopic (exact) mass is 249 g/mol. The molecular weight excluding hydrogens is 234 g/mol. The Kier molecular flexibility index (Phi) is 5.32. The Morgan fingerprint density at radius 1 is 1.33 bits per heavy atom. The number of rotatable bonds is 6. The van der Waals surface area contributed by atoms with E-state index in [0.717, 1.165) is 5.69 Å². The van der Waals surface area contributed by atoms with Crippen LogP contribution in [0.4, 0.5) is 5.69 Å². The topological polar surface area (TPSA) is 83.4 Å². The van der Waals surface area contributed by atoms with Gasteiger partial charge in [-0.1, -0.05) is 0 Å². The highest BCUT2D eigenvalue weighted by molar-refractivity contribution is 5.81. The van der Waals surface area contributed by atoms with Crippen LogP contribution in [0.3, 0.4) is 0 Å². The zero-order valence-corrected chi connectivity index (χ0v) is 10.3. The number of carbonyl (C=O) groups is 1. The molecule has 2 N–H and O–H groups in total. The van der Waals surface area contributed by atoms with Gasteiger partial charge in [0.05, 0.1) is 26.8 Å². The highest BCUT2D eigenvalue weighted by atomic mass is 16.5. The molecule has 18 heavy (non-hydrogen) atoms. The fourth-order valence-electron chi connectivity index (χ4n) is 1.33. The molecule has 0 aliphatic heterocycles. The van der Waals surface area contributed by atoms with Crippen molar-refractivity contribution in [3.05, 3.63) is 18.2 Å². The Balaban J connectivity index is 2.58. The van der Waals surface area contributed by atoms with Crippen molar-refractivity contribution < 1.29 is 14.3 Å². The van der Waals surface area contributed by atoms with Gasteiger partial charge < -0.3 is 20.1 Å². The Morgan fingerprint density at radius 3 is 2.67 bits per heavy atom. The molecule has 0 unspecified atom stereocenters. The molecule has 0 radical (unpaired) electrons. The normalized spacial score (nSPS) is 9.17. The van der Waals surface area contributed by atoms with E-state index >= 15 is 0 Å². The molecule has 0 aliphatic rings. The first-order chi connectivity index (χ1) is 8.71. The first-order valence-electron chi connectivity index (χ1n) is 5.30. The summed E-state index contributed by atoms with van der Waals surface area (Å²) in [7, 11) is 3.10. The van der Waals surface area contributed by atoms with E-state index in [2.05, 4.69) is 10.6 Å². The highest BCUT2D eigenvalue weighted by Crippen LogP contribution is 2.29. The van der Waals surface area contributed by atoms with E-state index < -0.39 is 0 Å². The van der Waals surface area contributed by atoms with Crippen molar-refractivity contribution in [1.82, 2.24) is 5.32 Å². The van der Waals surface area contributed by atoms with Crippen molar-refractivity contribution in [1.29, 1.82) is 5.26 Å². The summed E-state index contributed by atoms with van der Waals surface area (Å²) in [5, 5.41) is 13.7. The van der Waals surface area contributed by atoms with E-state index in [1.807, 2.05) is 6.07 Å². The summed E-state index contributed by atoms with van der Waals surface area (Å²) in [6, 6.07) is 7.09. The van der Waals surface area contributed by atoms with E-state index in [-0.39, 0.29) is 19.0 Å². The second-order valence-electron chi connectivity index (χ2n) is 3.36. The summed E-state index contributed by atoms with van der Waals surface area (Å²) < 4.78 is 10.2. The average Bonchev–Trinajstić information content (AvgIpc) is 2.42. The Hall–Kier alpha value is -2.42. The molecule has 0 saturated heterocycles. The van der Waals surface area contributed by atoms with Gasteiger partial charge in [0.2, 0.25) is 5.91 Å². The third-order valence-corrected chi connectivity index (χ3v) is 2.20. The fraction of sp³-hybridized carbons (Fsp3) is 0.333. The lowest BCUT2D eigenvalue weighted by Gasteiger charge is -2.10. The standard InChI is InChI=1S/C12H15N3O3/c1-17-10-4-3-9(7-11(10)18-2)15-8-12(16)14-6-5-13/h3-4,7,15H,6,8H2,1-2H3,(H,14,16). The Bertz CT molecular complexity index is 454. The summed E-state index contributed by atoms with van der Waals surface area (Å²) in [6.07, 6.45) is 0. The number of methoxy groups -OCH3 is 2. The summed E-state index contributed by atoms with van der Waals surface area (Å²) in [4.78, 5) is 11.3. The largest absolute Gasteiger partial charge is 0.493 e. The minimum Gasteiger partial charge on any atom is -0.493 e. The highest BCUT2D eigenvalue weighted by Gasteiger charge is 2.05. The third kappa shape index (κ3) is 3.87. The average molecular weight is 249 g/mol. The maximum atomic E-state index is 11.3. The van der Waals surface area contributed by atoms with Gasteiger partial charge >= 0.3 is 0 Å². The number of carbonyl (C=O) groups excluding carboxylic acids is 1. The molecule has 0 aromatic heterocycles. The number of nitrogens with zero attached hydrogens (tertiary/aromatic N) is 1. The number of hydrogen-bond acceptors (Lipinski definition) is 5. The second-order valence-corrected chi connectivity index (χ2v) is 3.36. The number of benzene rings is 1. The number of nitrogens with one attached hydrogen (secondary N) is 2. The lowest BCUT2D eigenvalue weighted by atomic mass is 10.2. The summed E-state index contributed by atoms with van der Waals surface area (Å²) >= 11 is 0. The fourth-order valence-corrected chi connectivity index (χ4v) is 1.33. The molecule has 6 heteroatoms. The number of anilines is 1. The van der Waals surface area contributed by atoms with Crippen LogP contribution in [0.15, 0.2) is 18.2 Å². The zero-order chi connectivity index (χ0) is 13.4. The van der Waals surface area contributed by atoms with Crippen LogP contribution in [0.2, 0.25) is 0 Å². The number of amides is 1. The molecule has 0 heterocycles. The molecule has 1 aromatic rings. The van der Waals surface area contributed by atoms with Gasteiger partial charge in [-0.3, -0.25) is 4.79 Å². The molecule has 0 spiro atoms. The van der Waals surface area contributed by atoms with Crippen LogP contribution in [-0.4, -0.2) is 33.2 Å². The summed E-state index contributed by atoms with van der Waals surface area (Å²) in [5.41, 5.74) is 0.736. The van der Waals surface area contributed by atoms with Gasteiger partial charge in [-0.05, 0) is 12.1 Å². The zero-order valence-electron chi connectivity index (χ0n) is 10.3. The van der Waals surface area contributed by atoms with Crippen molar-refractivity contribution in [2.45, 2.75) is 0 Å². The predicted molar refractivity (Wildman–Crippen MR) is 66.7 cm³/mol. The Morgan fingerprint density at radius 2 is 2.06 bits per heavy atom. The molecule has 1 rings (SSSR count). The van der Waals surface area contributed by atoms with Crippen LogP contribution in [-0.2, 0) is 4.79 Å². The van der Waals surface area contributed by atoms with Crippen LogP contribution in [0, 0.1) is 11.3 Å². The minimum atomic E-state index is -0.244. The van der Waals surface area contributed by atoms with Crippen molar-refractivity contribution in [3.8, 4) is 17.6 Å². The van der Waals surface area contributed by atoms with Crippen molar-refractivity contribution in [3.63, 3.8) is 0 Å². The molecule has 0 atom stereocenters. The van der Waals surface area contributed by atoms with Crippen molar-refractivity contribution in [2.24, 2.45) is 0 Å². The minimum absolute atomic E-state index is 0.00640. The lowest BCUT2D eigenvalue weighted by molar-refractivity contribution is -0.119. The quantitative estimate of drug-likeness (QED) is 0.727. The third-order valence-electron chi connectivity index (χ3n) is 2.20. The van der Waals surface area contributed by atoms with Gasteiger partial charge in [0.1, 0.15) is 6.54 Å². The van der Waals surface area contributed by atoms with Gasteiger partial charge in [0.25, 0.3) is 0 Å². The SMILES string of the molecule is COc1ccc(NCC(=O)NCC#N)cc1OC. The van der Waals surface area contributed by atoms with Gasteiger partial charge in [-0.15, -0.1) is 0 Å². The smallest absolute Gasteiger partial charge is 0.240 e. The lowest BCUT2D eigenvalue weighted by Crippen LogP contribution is -2.29. The van der Waals surface area contributed by atoms with Gasteiger partial charge in [-0.2, -0.15) is 5.26 Å². The van der Waals surface area contributed by atoms with Gasteiger partial charge in [0.15, 0.2) is 11.5 Å². The molecule has 0 aliphatic carbocycles. The summed E-state index contributed by atoms with van der Waals surface area (Å²) in [6.45, 7) is 0.101. The van der Waals surface area contributed by atoms with Gasteiger partial charge in [0, 0.05) is 11.8 Å². The number of nitriles is 1. The molecule has 0 saturated carbocycles. The predicted octanol–water partition coefficient (Wildman–Crippen LogP) is 0.755. The maximum absolute atomic E-state index is 11.3. The number of ether oxygens (including phenoxy) is 2. The molecule has 96 valence electrons. The van der Waals surface area contributed by atoms with Crippen molar-refractivity contribution >= 4 is 11.6 Å². The van der Waals surface area contributed by atoms with E-state index in [0.29, 0.717) is 11.5 Å². The van der Waals surface area contributed by atoms with Gasteiger partial charge in [-0.25, -0.2) is 0 Å². The number of hydrogen-bond donors (Lipinski definition) is 2. The van der Waals surface area contributed by atoms with E-state index in [4.69, 9.17) is 14.7 Å². The van der Waals surface area contributed by atoms with E-state index in [1.54, 1.807) is 32.4 Å². The van der Waals surface area contributed by atoms with Crippen molar-refractivity contribution in [2.75, 3.05) is 32.6 Å². The first-order valence-corrected chi connectivity index (χ1v) is 5.30. The molecule has 0 bridgehead atoms. The Labute approximate surface area is 106 Å². The van der Waals surface area contributed by atoms with Crippen LogP contribution >= 0.6 is 0 Å². The van der Waals surface area contributed by atoms with E-state index in [1.165, 1.54) is 0 Å². The van der Waals surface area contributed by atoms with Crippen LogP contribution in [0.5, 0.6) is 11.5 Å². The first kappa shape index (κ1) is 13.6. The molecule has 6 nitrogen and oxygen atoms in total. The van der Waals surface area contributed by atoms with Crippen LogP contribution in [0.1, 0.15) is 0 Å². The maximum Gasteiger partial charge on any atom is 0.240 e. The molecule has 0 fully saturated rings. The second kappa shape index (κ2) is 7.01. The van der Waals surface area contributed by atoms with Crippen LogP contribution in [0.25, 0.3) is 0 Å². The van der Waals surface area contributed by atoms with E-state index in [9.17, 15) is 4.79 Å². The molecule has 1 amide bonds.